The van der Waals surface area contributed by atoms with Gasteiger partial charge in [0, 0.05) is 22.8 Å². The average Bonchev–Trinajstić information content (AvgIpc) is 3.28. The van der Waals surface area contributed by atoms with Crippen LogP contribution in [-0.2, 0) is 11.2 Å². The zero-order chi connectivity index (χ0) is 24.4. The van der Waals surface area contributed by atoms with Crippen LogP contribution in [-0.4, -0.2) is 50.5 Å². The molecule has 3 heterocycles. The van der Waals surface area contributed by atoms with Crippen LogP contribution in [0.25, 0.3) is 5.78 Å². The Morgan fingerprint density at radius 2 is 1.91 bits per heavy atom. The van der Waals surface area contributed by atoms with Crippen LogP contribution < -0.4 is 14.8 Å². The first-order valence-electron chi connectivity index (χ1n) is 11.2. The topological polar surface area (TPSA) is 90.6 Å². The van der Waals surface area contributed by atoms with Crippen LogP contribution in [0.3, 0.4) is 0 Å². The molecule has 2 aromatic heterocycles. The molecule has 0 bridgehead atoms. The fraction of sp³-hybridized carbons (Fsp3) is 0.280. The molecule has 4 aromatic rings. The van der Waals surface area contributed by atoms with Gasteiger partial charge in [0.1, 0.15) is 12.7 Å². The number of carbonyl (C=O) groups is 1. The Kier molecular flexibility index (Phi) is 6.79. The highest BCUT2D eigenvalue weighted by atomic mass is 35.5. The van der Waals surface area contributed by atoms with E-state index in [1.54, 1.807) is 4.52 Å². The molecule has 1 aliphatic rings. The van der Waals surface area contributed by atoms with E-state index in [0.29, 0.717) is 36.3 Å². The first-order chi connectivity index (χ1) is 17.0. The number of halogens is 1. The number of rotatable bonds is 7. The van der Waals surface area contributed by atoms with E-state index in [2.05, 4.69) is 20.4 Å². The molecule has 1 atom stereocenters. The van der Waals surface area contributed by atoms with Crippen molar-refractivity contribution in [3.8, 4) is 11.5 Å². The number of aryl methyl sites for hydroxylation is 2. The van der Waals surface area contributed by atoms with Crippen molar-refractivity contribution in [2.24, 2.45) is 0 Å². The van der Waals surface area contributed by atoms with E-state index >= 15 is 0 Å². The Hall–Kier alpha value is -3.30. The summed E-state index contributed by atoms with van der Waals surface area (Å²) in [6, 6.07) is 15.3. The van der Waals surface area contributed by atoms with Gasteiger partial charge in [-0.15, -0.1) is 5.10 Å². The summed E-state index contributed by atoms with van der Waals surface area (Å²) in [4.78, 5) is 21.5. The van der Waals surface area contributed by atoms with E-state index in [4.69, 9.17) is 21.1 Å². The maximum Gasteiger partial charge on any atom is 0.253 e. The lowest BCUT2D eigenvalue weighted by atomic mass is 10.0. The van der Waals surface area contributed by atoms with Crippen LogP contribution >= 0.6 is 23.4 Å². The third-order valence-corrected chi connectivity index (χ3v) is 6.99. The molecule has 5 rings (SSSR count). The Bertz CT molecular complexity index is 1390. The number of carbonyl (C=O) groups excluding carboxylic acids is 1. The van der Waals surface area contributed by atoms with Gasteiger partial charge in [-0.2, -0.15) is 4.98 Å². The molecule has 0 saturated heterocycles. The van der Waals surface area contributed by atoms with Crippen LogP contribution in [0.4, 0.5) is 0 Å². The number of aromatic nitrogens is 4. The van der Waals surface area contributed by atoms with Crippen molar-refractivity contribution >= 4 is 35.0 Å². The molecule has 180 valence electrons. The summed E-state index contributed by atoms with van der Waals surface area (Å²) in [5.74, 6) is 1.98. The Morgan fingerprint density at radius 3 is 2.74 bits per heavy atom. The van der Waals surface area contributed by atoms with Crippen LogP contribution in [0.2, 0.25) is 5.02 Å². The highest BCUT2D eigenvalue weighted by Gasteiger charge is 2.21. The van der Waals surface area contributed by atoms with Gasteiger partial charge >= 0.3 is 0 Å². The summed E-state index contributed by atoms with van der Waals surface area (Å²) in [5.41, 5.74) is 3.92. The fourth-order valence-corrected chi connectivity index (χ4v) is 4.76. The molecule has 0 spiro atoms. The number of para-hydroxylation sites is 2. The van der Waals surface area contributed by atoms with Gasteiger partial charge in [0.25, 0.3) is 5.78 Å². The molecule has 1 aliphatic heterocycles. The molecular formula is C25H24ClN5O3S. The van der Waals surface area contributed by atoms with E-state index in [-0.39, 0.29) is 17.8 Å². The molecule has 1 unspecified atom stereocenters. The summed E-state index contributed by atoms with van der Waals surface area (Å²) in [6.45, 7) is 4.70. The Morgan fingerprint density at radius 1 is 1.14 bits per heavy atom. The minimum atomic E-state index is -0.237. The van der Waals surface area contributed by atoms with Gasteiger partial charge in [0.2, 0.25) is 11.1 Å². The first-order valence-corrected chi connectivity index (χ1v) is 12.6. The van der Waals surface area contributed by atoms with E-state index < -0.39 is 0 Å². The second-order valence-electron chi connectivity index (χ2n) is 8.23. The molecule has 0 radical (unpaired) electrons. The number of hydrogen-bond acceptors (Lipinski definition) is 7. The zero-order valence-corrected chi connectivity index (χ0v) is 20.9. The van der Waals surface area contributed by atoms with E-state index in [9.17, 15) is 4.79 Å². The number of nitrogens with one attached hydrogen (secondary N) is 1. The lowest BCUT2D eigenvalue weighted by Crippen LogP contribution is -2.41. The molecule has 10 heteroatoms. The minimum Gasteiger partial charge on any atom is -0.486 e. The molecule has 0 fully saturated rings. The summed E-state index contributed by atoms with van der Waals surface area (Å²) in [6.07, 6.45) is 0.418. The van der Waals surface area contributed by atoms with Gasteiger partial charge in [0.05, 0.1) is 12.3 Å². The lowest BCUT2D eigenvalue weighted by Gasteiger charge is -2.26. The summed E-state index contributed by atoms with van der Waals surface area (Å²) < 4.78 is 13.3. The predicted molar refractivity (Wildman–Crippen MR) is 135 cm³/mol. The maximum absolute atomic E-state index is 12.4. The van der Waals surface area contributed by atoms with Gasteiger partial charge in [0.15, 0.2) is 11.5 Å². The van der Waals surface area contributed by atoms with E-state index in [0.717, 1.165) is 33.3 Å². The predicted octanol–water partition coefficient (Wildman–Crippen LogP) is 4.03. The van der Waals surface area contributed by atoms with E-state index in [1.165, 1.54) is 11.8 Å². The van der Waals surface area contributed by atoms with Crippen molar-refractivity contribution in [3.05, 3.63) is 76.1 Å². The number of benzene rings is 2. The molecule has 35 heavy (non-hydrogen) atoms. The minimum absolute atomic E-state index is 0.128. The normalized spacial score (nSPS) is 14.8. The van der Waals surface area contributed by atoms with Crippen LogP contribution in [0.1, 0.15) is 22.5 Å². The highest BCUT2D eigenvalue weighted by molar-refractivity contribution is 7.99. The van der Waals surface area contributed by atoms with Crippen LogP contribution in [0, 0.1) is 13.8 Å². The highest BCUT2D eigenvalue weighted by Crippen LogP contribution is 2.30. The van der Waals surface area contributed by atoms with Gasteiger partial charge in [-0.25, -0.2) is 9.50 Å². The van der Waals surface area contributed by atoms with Crippen molar-refractivity contribution in [1.82, 2.24) is 24.9 Å². The average molecular weight is 510 g/mol. The molecule has 1 N–H and O–H groups in total. The van der Waals surface area contributed by atoms with Gasteiger partial charge in [-0.05, 0) is 43.2 Å². The standard InChI is InChI=1S/C25H24ClN5O3S/c1-15-19(11-17-7-3-4-8-20(17)26)16(2)31-24(28-15)29-25(30-31)35-14-23(32)27-12-18-13-33-21-9-5-6-10-22(21)34-18/h3-10,18H,11-14H2,1-2H3,(H,27,32). The fourth-order valence-electron chi connectivity index (χ4n) is 3.91. The largest absolute Gasteiger partial charge is 0.486 e. The number of nitrogens with zero attached hydrogens (tertiary/aromatic N) is 4. The van der Waals surface area contributed by atoms with Gasteiger partial charge in [-0.1, -0.05) is 53.7 Å². The first kappa shape index (κ1) is 23.4. The van der Waals surface area contributed by atoms with Crippen molar-refractivity contribution in [1.29, 1.82) is 0 Å². The molecule has 8 nitrogen and oxygen atoms in total. The number of fused-ring (bicyclic) bond motifs is 2. The van der Waals surface area contributed by atoms with Gasteiger partial charge < -0.3 is 14.8 Å². The third-order valence-electron chi connectivity index (χ3n) is 5.78. The van der Waals surface area contributed by atoms with Crippen molar-refractivity contribution in [2.75, 3.05) is 18.9 Å². The maximum atomic E-state index is 12.4. The Labute approximate surface area is 212 Å². The number of ether oxygens (including phenoxy) is 2. The van der Waals surface area contributed by atoms with Crippen molar-refractivity contribution in [2.45, 2.75) is 31.5 Å². The number of hydrogen-bond donors (Lipinski definition) is 1. The molecular weight excluding hydrogens is 486 g/mol. The summed E-state index contributed by atoms with van der Waals surface area (Å²) in [7, 11) is 0. The molecule has 1 amide bonds. The number of thioether (sulfide) groups is 1. The lowest BCUT2D eigenvalue weighted by molar-refractivity contribution is -0.119. The van der Waals surface area contributed by atoms with Crippen molar-refractivity contribution in [3.63, 3.8) is 0 Å². The van der Waals surface area contributed by atoms with Crippen molar-refractivity contribution < 1.29 is 14.3 Å². The molecule has 0 aliphatic carbocycles. The molecule has 0 saturated carbocycles. The Balaban J connectivity index is 1.20. The van der Waals surface area contributed by atoms with Crippen LogP contribution in [0.5, 0.6) is 11.5 Å². The monoisotopic (exact) mass is 509 g/mol. The second kappa shape index (κ2) is 10.1. The van der Waals surface area contributed by atoms with E-state index in [1.807, 2.05) is 62.4 Å². The third kappa shape index (κ3) is 5.21. The van der Waals surface area contributed by atoms with Gasteiger partial charge in [-0.3, -0.25) is 4.79 Å². The molecule has 2 aromatic carbocycles. The second-order valence-corrected chi connectivity index (χ2v) is 9.58. The van der Waals surface area contributed by atoms with Crippen LogP contribution in [0.15, 0.2) is 53.7 Å². The quantitative estimate of drug-likeness (QED) is 0.376. The smallest absolute Gasteiger partial charge is 0.253 e. The number of amides is 1. The summed E-state index contributed by atoms with van der Waals surface area (Å²) >= 11 is 7.63. The SMILES string of the molecule is Cc1nc2nc(SCC(=O)NCC3COc4ccccc4O3)nn2c(C)c1Cc1ccccc1Cl. The zero-order valence-electron chi connectivity index (χ0n) is 19.3. The summed E-state index contributed by atoms with van der Waals surface area (Å²) in [5, 5.41) is 8.69.